The summed E-state index contributed by atoms with van der Waals surface area (Å²) in [6.45, 7) is 7.71. The third-order valence-electron chi connectivity index (χ3n) is 2.50. The lowest BCUT2D eigenvalue weighted by molar-refractivity contribution is -0.153. The maximum absolute atomic E-state index is 11.7. The largest absolute Gasteiger partial charge is 0.460 e. The van der Waals surface area contributed by atoms with E-state index < -0.39 is 5.60 Å². The minimum absolute atomic E-state index is 0.217. The molecule has 0 spiro atoms. The van der Waals surface area contributed by atoms with Gasteiger partial charge in [-0.25, -0.2) is 0 Å². The Kier molecular flexibility index (Phi) is 4.76. The van der Waals surface area contributed by atoms with Crippen molar-refractivity contribution in [2.24, 2.45) is 0 Å². The molecule has 0 unspecified atom stereocenters. The van der Waals surface area contributed by atoms with Crippen LogP contribution in [0.4, 0.5) is 5.69 Å². The van der Waals surface area contributed by atoms with Crippen molar-refractivity contribution in [1.82, 2.24) is 0 Å². The van der Waals surface area contributed by atoms with E-state index in [9.17, 15) is 4.79 Å². The van der Waals surface area contributed by atoms with Crippen molar-refractivity contribution >= 4 is 11.7 Å². The van der Waals surface area contributed by atoms with Crippen LogP contribution < -0.4 is 5.73 Å². The molecule has 0 aliphatic rings. The second kappa shape index (κ2) is 5.89. The zero-order chi connectivity index (χ0) is 13.8. The average molecular weight is 249 g/mol. The van der Waals surface area contributed by atoms with E-state index in [2.05, 4.69) is 6.92 Å². The first-order valence-electron chi connectivity index (χ1n) is 6.41. The first kappa shape index (κ1) is 14.6. The van der Waals surface area contributed by atoms with Gasteiger partial charge in [0.15, 0.2) is 0 Å². The van der Waals surface area contributed by atoms with E-state index in [1.807, 2.05) is 39.0 Å². The molecule has 3 heteroatoms. The van der Waals surface area contributed by atoms with Crippen LogP contribution in [0.15, 0.2) is 18.2 Å². The molecule has 0 heterocycles. The molecule has 1 aromatic rings. The molecule has 0 aromatic heterocycles. The molecule has 1 aromatic carbocycles. The van der Waals surface area contributed by atoms with Crippen molar-refractivity contribution in [2.45, 2.75) is 52.6 Å². The second-order valence-electron chi connectivity index (χ2n) is 5.55. The summed E-state index contributed by atoms with van der Waals surface area (Å²) in [5.41, 5.74) is 8.33. The molecule has 0 amide bonds. The van der Waals surface area contributed by atoms with Crippen LogP contribution in [0.5, 0.6) is 0 Å². The lowest BCUT2D eigenvalue weighted by Crippen LogP contribution is -2.24. The quantitative estimate of drug-likeness (QED) is 0.659. The van der Waals surface area contributed by atoms with Crippen molar-refractivity contribution in [3.63, 3.8) is 0 Å². The summed E-state index contributed by atoms with van der Waals surface area (Å²) in [5, 5.41) is 0. The number of rotatable bonds is 4. The molecule has 0 saturated heterocycles. The Balaban J connectivity index is 2.69. The van der Waals surface area contributed by atoms with Crippen LogP contribution in [0.1, 0.15) is 45.2 Å². The molecule has 0 saturated carbocycles. The van der Waals surface area contributed by atoms with Gasteiger partial charge < -0.3 is 10.5 Å². The van der Waals surface area contributed by atoms with Crippen LogP contribution in [0, 0.1) is 0 Å². The van der Waals surface area contributed by atoms with E-state index in [0.717, 1.165) is 29.7 Å². The Hall–Kier alpha value is -1.51. The molecule has 0 aliphatic heterocycles. The summed E-state index contributed by atoms with van der Waals surface area (Å²) in [5.74, 6) is -0.217. The number of ether oxygens (including phenoxy) is 1. The number of aryl methyl sites for hydroxylation is 1. The third-order valence-corrected chi connectivity index (χ3v) is 2.50. The summed E-state index contributed by atoms with van der Waals surface area (Å²) in [7, 11) is 0. The average Bonchev–Trinajstić information content (AvgIpc) is 2.19. The summed E-state index contributed by atoms with van der Waals surface area (Å²) in [4.78, 5) is 11.7. The van der Waals surface area contributed by atoms with Crippen molar-refractivity contribution in [1.29, 1.82) is 0 Å². The Morgan fingerprint density at radius 1 is 1.33 bits per heavy atom. The third kappa shape index (κ3) is 4.78. The van der Waals surface area contributed by atoms with Gasteiger partial charge in [-0.05, 0) is 44.4 Å². The number of esters is 1. The van der Waals surface area contributed by atoms with E-state index in [4.69, 9.17) is 10.5 Å². The molecule has 0 aliphatic carbocycles. The maximum Gasteiger partial charge on any atom is 0.310 e. The fourth-order valence-electron chi connectivity index (χ4n) is 1.80. The van der Waals surface area contributed by atoms with E-state index in [-0.39, 0.29) is 12.4 Å². The summed E-state index contributed by atoms with van der Waals surface area (Å²) in [6.07, 6.45) is 2.31. The van der Waals surface area contributed by atoms with Crippen LogP contribution in [-0.4, -0.2) is 11.6 Å². The molecular formula is C15H23NO2. The number of hydrogen-bond donors (Lipinski definition) is 1. The fraction of sp³-hybridized carbons (Fsp3) is 0.533. The predicted molar refractivity (Wildman–Crippen MR) is 74.4 cm³/mol. The van der Waals surface area contributed by atoms with Gasteiger partial charge >= 0.3 is 5.97 Å². The van der Waals surface area contributed by atoms with Gasteiger partial charge in [0.2, 0.25) is 0 Å². The van der Waals surface area contributed by atoms with Gasteiger partial charge in [0, 0.05) is 5.69 Å². The van der Waals surface area contributed by atoms with Crippen LogP contribution in [0.25, 0.3) is 0 Å². The zero-order valence-electron chi connectivity index (χ0n) is 11.7. The maximum atomic E-state index is 11.7. The van der Waals surface area contributed by atoms with Crippen LogP contribution >= 0.6 is 0 Å². The minimum Gasteiger partial charge on any atom is -0.460 e. The van der Waals surface area contributed by atoms with Crippen LogP contribution in [0.2, 0.25) is 0 Å². The first-order valence-corrected chi connectivity index (χ1v) is 6.41. The molecule has 0 fully saturated rings. The van der Waals surface area contributed by atoms with E-state index in [1.54, 1.807) is 0 Å². The van der Waals surface area contributed by atoms with Gasteiger partial charge in [-0.15, -0.1) is 0 Å². The molecular weight excluding hydrogens is 226 g/mol. The van der Waals surface area contributed by atoms with Gasteiger partial charge in [-0.3, -0.25) is 4.79 Å². The molecule has 100 valence electrons. The second-order valence-corrected chi connectivity index (χ2v) is 5.55. The molecule has 18 heavy (non-hydrogen) atoms. The molecule has 1 rings (SSSR count). The Bertz CT molecular complexity index is 419. The molecule has 2 N–H and O–H groups in total. The van der Waals surface area contributed by atoms with Crippen molar-refractivity contribution in [3.8, 4) is 0 Å². The molecule has 3 nitrogen and oxygen atoms in total. The van der Waals surface area contributed by atoms with Gasteiger partial charge in [0.1, 0.15) is 5.60 Å². The van der Waals surface area contributed by atoms with Crippen molar-refractivity contribution in [3.05, 3.63) is 29.3 Å². The minimum atomic E-state index is -0.440. The number of nitrogens with two attached hydrogens (primary N) is 1. The number of nitrogen functional groups attached to an aromatic ring is 1. The topological polar surface area (TPSA) is 52.3 Å². The number of hydrogen-bond acceptors (Lipinski definition) is 3. The summed E-state index contributed by atoms with van der Waals surface area (Å²) >= 11 is 0. The monoisotopic (exact) mass is 249 g/mol. The highest BCUT2D eigenvalue weighted by molar-refractivity contribution is 5.73. The molecule has 0 bridgehead atoms. The van der Waals surface area contributed by atoms with Gasteiger partial charge in [0.05, 0.1) is 6.42 Å². The smallest absolute Gasteiger partial charge is 0.310 e. The highest BCUT2D eigenvalue weighted by Gasteiger charge is 2.16. The summed E-state index contributed by atoms with van der Waals surface area (Å²) < 4.78 is 5.28. The fourth-order valence-corrected chi connectivity index (χ4v) is 1.80. The summed E-state index contributed by atoms with van der Waals surface area (Å²) in [6, 6.07) is 5.82. The lowest BCUT2D eigenvalue weighted by Gasteiger charge is -2.19. The van der Waals surface area contributed by atoms with Gasteiger partial charge in [-0.2, -0.15) is 0 Å². The highest BCUT2D eigenvalue weighted by Crippen LogP contribution is 2.17. The predicted octanol–water partition coefficient (Wildman–Crippen LogP) is 3.11. The Labute approximate surface area is 109 Å². The normalized spacial score (nSPS) is 11.3. The number of anilines is 1. The Morgan fingerprint density at radius 3 is 2.50 bits per heavy atom. The van der Waals surface area contributed by atoms with Gasteiger partial charge in [0.25, 0.3) is 0 Å². The number of benzene rings is 1. The van der Waals surface area contributed by atoms with Crippen LogP contribution in [0.3, 0.4) is 0 Å². The van der Waals surface area contributed by atoms with Crippen molar-refractivity contribution in [2.75, 3.05) is 5.73 Å². The lowest BCUT2D eigenvalue weighted by atomic mass is 10.0. The first-order chi connectivity index (χ1) is 8.31. The van der Waals surface area contributed by atoms with Crippen LogP contribution in [-0.2, 0) is 22.4 Å². The number of carbonyl (C=O) groups is 1. The standard InChI is InChI=1S/C15H23NO2/c1-5-6-12-8-7-11(9-13(12)16)10-14(17)18-15(2,3)4/h7-9H,5-6,10,16H2,1-4H3. The molecule has 0 radical (unpaired) electrons. The SMILES string of the molecule is CCCc1ccc(CC(=O)OC(C)(C)C)cc1N. The van der Waals surface area contributed by atoms with Gasteiger partial charge in [-0.1, -0.05) is 25.5 Å². The van der Waals surface area contributed by atoms with E-state index in [1.165, 1.54) is 0 Å². The van der Waals surface area contributed by atoms with Crippen molar-refractivity contribution < 1.29 is 9.53 Å². The van der Waals surface area contributed by atoms with E-state index >= 15 is 0 Å². The number of carbonyl (C=O) groups excluding carboxylic acids is 1. The zero-order valence-corrected chi connectivity index (χ0v) is 11.7. The Morgan fingerprint density at radius 2 is 2.00 bits per heavy atom. The molecule has 0 atom stereocenters. The van der Waals surface area contributed by atoms with E-state index in [0.29, 0.717) is 0 Å². The highest BCUT2D eigenvalue weighted by atomic mass is 16.6.